The van der Waals surface area contributed by atoms with E-state index in [0.717, 1.165) is 4.88 Å². The summed E-state index contributed by atoms with van der Waals surface area (Å²) in [6.45, 7) is -0.962. The summed E-state index contributed by atoms with van der Waals surface area (Å²) < 4.78 is 70.3. The molecule has 2 unspecified atom stereocenters. The molecule has 156 valence electrons. The van der Waals surface area contributed by atoms with Crippen LogP contribution >= 0.6 is 11.3 Å². The van der Waals surface area contributed by atoms with Crippen molar-refractivity contribution in [1.29, 1.82) is 0 Å². The summed E-state index contributed by atoms with van der Waals surface area (Å²) in [5, 5.41) is 1.94. The topological polar surface area (TPSA) is 88.3 Å². The van der Waals surface area contributed by atoms with Crippen molar-refractivity contribution in [3.8, 4) is 0 Å². The molecule has 1 saturated heterocycles. The largest absolute Gasteiger partial charge is 0.408 e. The highest BCUT2D eigenvalue weighted by molar-refractivity contribution is 7.09. The number of carbonyl (C=O) groups is 2. The first-order valence-corrected chi connectivity index (χ1v) is 9.46. The van der Waals surface area contributed by atoms with E-state index in [-0.39, 0.29) is 19.4 Å². The van der Waals surface area contributed by atoms with Gasteiger partial charge in [-0.1, -0.05) is 0 Å². The zero-order chi connectivity index (χ0) is 20.7. The van der Waals surface area contributed by atoms with Gasteiger partial charge in [-0.15, -0.1) is 11.3 Å². The number of fused-ring (bicyclic) bond motifs is 1. The minimum absolute atomic E-state index is 0.0290. The number of nitrogens with two attached hydrogens (primary N) is 1. The molecule has 3 heterocycles. The molecular formula is C16H19F5N4O2S. The van der Waals surface area contributed by atoms with E-state index >= 15 is 0 Å². The molecule has 6 nitrogen and oxygen atoms in total. The maximum absolute atomic E-state index is 14.2. The molecule has 2 aliphatic heterocycles. The lowest BCUT2D eigenvalue weighted by atomic mass is 9.76. The number of aromatic nitrogens is 1. The number of nitrogens with zero attached hydrogens (tertiary/aromatic N) is 2. The fourth-order valence-corrected chi connectivity index (χ4v) is 4.52. The highest BCUT2D eigenvalue weighted by atomic mass is 32.1. The molecule has 28 heavy (non-hydrogen) atoms. The molecule has 1 aromatic rings. The molecule has 3 rings (SSSR count). The Hall–Kier alpha value is -1.66. The van der Waals surface area contributed by atoms with Crippen LogP contribution in [0.2, 0.25) is 0 Å². The quantitative estimate of drug-likeness (QED) is 0.550. The first-order chi connectivity index (χ1) is 13.0. The van der Waals surface area contributed by atoms with E-state index < -0.39 is 54.9 Å². The zero-order valence-electron chi connectivity index (χ0n) is 14.6. The van der Waals surface area contributed by atoms with E-state index in [1.165, 1.54) is 16.2 Å². The highest BCUT2D eigenvalue weighted by Crippen LogP contribution is 2.43. The third kappa shape index (κ3) is 3.77. The van der Waals surface area contributed by atoms with Gasteiger partial charge in [0.1, 0.15) is 11.8 Å². The van der Waals surface area contributed by atoms with Crippen LogP contribution in [0.25, 0.3) is 0 Å². The number of hydrogen-bond donors (Lipinski definition) is 2. The molecule has 1 amide bonds. The average Bonchev–Trinajstić information content (AvgIpc) is 3.06. The Bertz CT molecular complexity index is 756. The normalized spacial score (nSPS) is 26.1. The van der Waals surface area contributed by atoms with Crippen molar-refractivity contribution < 1.29 is 31.5 Å². The lowest BCUT2D eigenvalue weighted by Crippen LogP contribution is -2.69. The Morgan fingerprint density at radius 1 is 1.46 bits per heavy atom. The third-order valence-electron chi connectivity index (χ3n) is 5.42. The molecule has 0 spiro atoms. The van der Waals surface area contributed by atoms with Crippen LogP contribution in [-0.2, 0) is 22.6 Å². The van der Waals surface area contributed by atoms with Gasteiger partial charge in [0.25, 0.3) is 5.92 Å². The second kappa shape index (κ2) is 7.30. The van der Waals surface area contributed by atoms with Crippen LogP contribution < -0.4 is 11.1 Å². The predicted octanol–water partition coefficient (Wildman–Crippen LogP) is 1.49. The molecule has 2 aliphatic rings. The van der Waals surface area contributed by atoms with Gasteiger partial charge < -0.3 is 15.8 Å². The van der Waals surface area contributed by atoms with E-state index in [2.05, 4.69) is 4.98 Å². The number of carbonyl (C=O) groups excluding carboxylic acids is 2. The summed E-state index contributed by atoms with van der Waals surface area (Å²) in [4.78, 5) is 29.4. The lowest BCUT2D eigenvalue weighted by molar-refractivity contribution is -0.216. The van der Waals surface area contributed by atoms with Gasteiger partial charge in [0.2, 0.25) is 5.91 Å². The second-order valence-corrected chi connectivity index (χ2v) is 8.14. The van der Waals surface area contributed by atoms with Crippen LogP contribution in [0.3, 0.4) is 0 Å². The predicted molar refractivity (Wildman–Crippen MR) is 89.7 cm³/mol. The SMILES string of the molecule is N[C@@](CC1CC(=O)NCC1(F)F)(C(C=O)N1CCc2scnc2C1)C(F)(F)F. The number of piperidine rings is 1. The van der Waals surface area contributed by atoms with Crippen LogP contribution in [0.15, 0.2) is 5.51 Å². The fraction of sp³-hybridized carbons (Fsp3) is 0.688. The monoisotopic (exact) mass is 426 g/mol. The number of aldehydes is 1. The van der Waals surface area contributed by atoms with E-state index in [1.807, 2.05) is 5.32 Å². The minimum Gasteiger partial charge on any atom is -0.350 e. The van der Waals surface area contributed by atoms with Gasteiger partial charge in [0.15, 0.2) is 0 Å². The van der Waals surface area contributed by atoms with E-state index in [9.17, 15) is 31.5 Å². The highest BCUT2D eigenvalue weighted by Gasteiger charge is 2.62. The van der Waals surface area contributed by atoms with Crippen LogP contribution in [-0.4, -0.2) is 58.8 Å². The number of amides is 1. The Balaban J connectivity index is 1.91. The lowest BCUT2D eigenvalue weighted by Gasteiger charge is -2.45. The summed E-state index contributed by atoms with van der Waals surface area (Å²) in [7, 11) is 0. The molecule has 0 aromatic carbocycles. The van der Waals surface area contributed by atoms with Gasteiger partial charge >= 0.3 is 6.18 Å². The van der Waals surface area contributed by atoms with Crippen LogP contribution in [0.5, 0.6) is 0 Å². The van der Waals surface area contributed by atoms with E-state index in [0.29, 0.717) is 12.1 Å². The van der Waals surface area contributed by atoms with Gasteiger partial charge in [0, 0.05) is 30.3 Å². The number of nitrogens with one attached hydrogen (secondary N) is 1. The smallest absolute Gasteiger partial charge is 0.350 e. The van der Waals surface area contributed by atoms with Crippen molar-refractivity contribution in [3.05, 3.63) is 16.1 Å². The molecule has 3 atom stereocenters. The van der Waals surface area contributed by atoms with Crippen molar-refractivity contribution in [2.45, 2.75) is 49.5 Å². The Labute approximate surface area is 161 Å². The molecule has 0 bridgehead atoms. The van der Waals surface area contributed by atoms with Crippen LogP contribution in [0.1, 0.15) is 23.4 Å². The molecular weight excluding hydrogens is 407 g/mol. The average molecular weight is 426 g/mol. The summed E-state index contributed by atoms with van der Waals surface area (Å²) in [5.41, 5.74) is 4.56. The molecule has 0 saturated carbocycles. The van der Waals surface area contributed by atoms with Crippen molar-refractivity contribution >= 4 is 23.5 Å². The van der Waals surface area contributed by atoms with Gasteiger partial charge in [-0.25, -0.2) is 13.8 Å². The van der Waals surface area contributed by atoms with Crippen molar-refractivity contribution in [3.63, 3.8) is 0 Å². The molecule has 0 radical (unpaired) electrons. The fourth-order valence-electron chi connectivity index (χ4n) is 3.75. The Morgan fingerprint density at radius 3 is 2.82 bits per heavy atom. The summed E-state index contributed by atoms with van der Waals surface area (Å²) in [5.74, 6) is -6.25. The van der Waals surface area contributed by atoms with Gasteiger partial charge in [-0.3, -0.25) is 9.69 Å². The Morgan fingerprint density at radius 2 is 2.18 bits per heavy atom. The first-order valence-electron chi connectivity index (χ1n) is 8.58. The number of alkyl halides is 5. The number of rotatable bonds is 5. The molecule has 12 heteroatoms. The van der Waals surface area contributed by atoms with Gasteiger partial charge in [-0.05, 0) is 12.8 Å². The third-order valence-corrected chi connectivity index (χ3v) is 6.35. The summed E-state index contributed by atoms with van der Waals surface area (Å²) in [6.07, 6.45) is -6.71. The maximum Gasteiger partial charge on any atom is 0.408 e. The van der Waals surface area contributed by atoms with Crippen LogP contribution in [0.4, 0.5) is 22.0 Å². The Kier molecular flexibility index (Phi) is 5.49. The van der Waals surface area contributed by atoms with Gasteiger partial charge in [-0.2, -0.15) is 13.2 Å². The second-order valence-electron chi connectivity index (χ2n) is 7.20. The summed E-state index contributed by atoms with van der Waals surface area (Å²) in [6, 6.07) is -1.87. The molecule has 0 aliphatic carbocycles. The van der Waals surface area contributed by atoms with Crippen molar-refractivity contribution in [1.82, 2.24) is 15.2 Å². The molecule has 1 fully saturated rings. The summed E-state index contributed by atoms with van der Waals surface area (Å²) >= 11 is 1.37. The minimum atomic E-state index is -5.13. The van der Waals surface area contributed by atoms with Crippen molar-refractivity contribution in [2.75, 3.05) is 13.1 Å². The van der Waals surface area contributed by atoms with Crippen LogP contribution in [0, 0.1) is 5.92 Å². The van der Waals surface area contributed by atoms with E-state index in [4.69, 9.17) is 5.73 Å². The zero-order valence-corrected chi connectivity index (χ0v) is 15.5. The number of halogens is 5. The number of hydrogen-bond acceptors (Lipinski definition) is 6. The molecule has 3 N–H and O–H groups in total. The van der Waals surface area contributed by atoms with Crippen molar-refractivity contribution in [2.24, 2.45) is 11.7 Å². The van der Waals surface area contributed by atoms with Gasteiger partial charge in [0.05, 0.1) is 23.8 Å². The van der Waals surface area contributed by atoms with E-state index in [1.54, 1.807) is 5.51 Å². The maximum atomic E-state index is 14.2. The standard InChI is InChI=1S/C16H19F5N4O2S/c17-15(18)7-23-13(27)3-9(15)4-14(22,16(19,20)21)12(6-26)25-2-1-11-10(5-25)24-8-28-11/h6,8-9,12H,1-5,7,22H2,(H,23,27)/t9?,12?,14-/m0/s1. The molecule has 1 aromatic heterocycles. The number of thiazole rings is 1. The first kappa shape index (κ1) is 21.1.